The Hall–Kier alpha value is -1.06. The van der Waals surface area contributed by atoms with Gasteiger partial charge in [0.05, 0.1) is 0 Å². The maximum atomic E-state index is 5.38. The van der Waals surface area contributed by atoms with Gasteiger partial charge in [-0.3, -0.25) is 0 Å². The molecular weight excluding hydrogens is 236 g/mol. The van der Waals surface area contributed by atoms with E-state index in [1.54, 1.807) is 0 Å². The summed E-state index contributed by atoms with van der Waals surface area (Å²) in [6.07, 6.45) is 2.30. The molecule has 106 valence electrons. The fraction of sp³-hybridized carbons (Fsp3) is 0.625. The van der Waals surface area contributed by atoms with Gasteiger partial charge in [-0.1, -0.05) is 12.1 Å². The summed E-state index contributed by atoms with van der Waals surface area (Å²) in [5, 5.41) is 3.65. The van der Waals surface area contributed by atoms with Gasteiger partial charge < -0.3 is 15.0 Å². The van der Waals surface area contributed by atoms with Crippen LogP contribution in [-0.2, 0) is 4.74 Å². The minimum atomic E-state index is 0.643. The third-order valence-electron chi connectivity index (χ3n) is 3.78. The standard InChI is InChI=1S/C16H26N2O/c1-3-18(16-6-4-5-14(2)13-16)10-9-17-15-7-11-19-12-8-15/h4-6,13,15,17H,3,7-12H2,1-2H3. The van der Waals surface area contributed by atoms with Gasteiger partial charge in [-0.2, -0.15) is 0 Å². The van der Waals surface area contributed by atoms with Crippen molar-refractivity contribution in [2.24, 2.45) is 0 Å². The molecule has 0 aliphatic carbocycles. The zero-order valence-electron chi connectivity index (χ0n) is 12.2. The fourth-order valence-corrected chi connectivity index (χ4v) is 2.60. The van der Waals surface area contributed by atoms with Crippen molar-refractivity contribution in [3.05, 3.63) is 29.8 Å². The first-order valence-electron chi connectivity index (χ1n) is 7.42. The lowest BCUT2D eigenvalue weighted by molar-refractivity contribution is 0.0783. The fourth-order valence-electron chi connectivity index (χ4n) is 2.60. The summed E-state index contributed by atoms with van der Waals surface area (Å²) in [6, 6.07) is 9.39. The van der Waals surface area contributed by atoms with E-state index in [9.17, 15) is 0 Å². The van der Waals surface area contributed by atoms with Gasteiger partial charge in [0.1, 0.15) is 0 Å². The molecule has 0 bridgehead atoms. The first-order valence-corrected chi connectivity index (χ1v) is 7.42. The molecule has 0 aromatic heterocycles. The Bertz CT molecular complexity index is 375. The summed E-state index contributed by atoms with van der Waals surface area (Å²) in [4.78, 5) is 2.43. The number of nitrogens with zero attached hydrogens (tertiary/aromatic N) is 1. The Morgan fingerprint density at radius 3 is 2.79 bits per heavy atom. The second-order valence-electron chi connectivity index (χ2n) is 5.26. The SMILES string of the molecule is CCN(CCNC1CCOCC1)c1cccc(C)c1. The van der Waals surface area contributed by atoms with E-state index in [0.29, 0.717) is 6.04 Å². The summed E-state index contributed by atoms with van der Waals surface area (Å²) < 4.78 is 5.38. The maximum Gasteiger partial charge on any atom is 0.0480 e. The highest BCUT2D eigenvalue weighted by Gasteiger charge is 2.13. The summed E-state index contributed by atoms with van der Waals surface area (Å²) in [6.45, 7) is 9.36. The average molecular weight is 262 g/mol. The van der Waals surface area contributed by atoms with E-state index in [4.69, 9.17) is 4.74 Å². The van der Waals surface area contributed by atoms with Gasteiger partial charge in [0.25, 0.3) is 0 Å². The molecule has 3 nitrogen and oxygen atoms in total. The molecule has 1 aromatic rings. The highest BCUT2D eigenvalue weighted by atomic mass is 16.5. The minimum absolute atomic E-state index is 0.643. The first kappa shape index (κ1) is 14.4. The van der Waals surface area contributed by atoms with Crippen LogP contribution < -0.4 is 10.2 Å². The number of hydrogen-bond donors (Lipinski definition) is 1. The number of ether oxygens (including phenoxy) is 1. The molecular formula is C16H26N2O. The topological polar surface area (TPSA) is 24.5 Å². The van der Waals surface area contributed by atoms with Crippen molar-refractivity contribution in [3.63, 3.8) is 0 Å². The molecule has 1 aromatic carbocycles. The summed E-state index contributed by atoms with van der Waals surface area (Å²) in [7, 11) is 0. The molecule has 1 heterocycles. The molecule has 0 atom stereocenters. The minimum Gasteiger partial charge on any atom is -0.381 e. The molecule has 1 fully saturated rings. The molecule has 0 spiro atoms. The van der Waals surface area contributed by atoms with E-state index >= 15 is 0 Å². The third kappa shape index (κ3) is 4.51. The molecule has 0 saturated carbocycles. The highest BCUT2D eigenvalue weighted by molar-refractivity contribution is 5.48. The van der Waals surface area contributed by atoms with Crippen molar-refractivity contribution in [2.45, 2.75) is 32.7 Å². The van der Waals surface area contributed by atoms with Crippen LogP contribution in [0.4, 0.5) is 5.69 Å². The zero-order valence-corrected chi connectivity index (χ0v) is 12.2. The second-order valence-corrected chi connectivity index (χ2v) is 5.26. The molecule has 1 N–H and O–H groups in total. The van der Waals surface area contributed by atoms with E-state index in [1.807, 2.05) is 0 Å². The van der Waals surface area contributed by atoms with E-state index in [-0.39, 0.29) is 0 Å². The van der Waals surface area contributed by atoms with Gasteiger partial charge in [0.15, 0.2) is 0 Å². The molecule has 0 radical (unpaired) electrons. The van der Waals surface area contributed by atoms with Gasteiger partial charge >= 0.3 is 0 Å². The van der Waals surface area contributed by atoms with Gasteiger partial charge in [0, 0.05) is 44.6 Å². The number of anilines is 1. The van der Waals surface area contributed by atoms with Crippen molar-refractivity contribution in [1.82, 2.24) is 5.32 Å². The molecule has 0 unspecified atom stereocenters. The molecule has 19 heavy (non-hydrogen) atoms. The van der Waals surface area contributed by atoms with Gasteiger partial charge in [-0.05, 0) is 44.4 Å². The lowest BCUT2D eigenvalue weighted by atomic mass is 10.1. The van der Waals surface area contributed by atoms with Crippen LogP contribution in [0.3, 0.4) is 0 Å². The largest absolute Gasteiger partial charge is 0.381 e. The highest BCUT2D eigenvalue weighted by Crippen LogP contribution is 2.15. The van der Waals surface area contributed by atoms with E-state index in [0.717, 1.165) is 45.7 Å². The number of likely N-dealkylation sites (N-methyl/N-ethyl adjacent to an activating group) is 1. The number of rotatable bonds is 6. The second kappa shape index (κ2) is 7.51. The van der Waals surface area contributed by atoms with Crippen molar-refractivity contribution in [3.8, 4) is 0 Å². The molecule has 2 rings (SSSR count). The van der Waals surface area contributed by atoms with Crippen LogP contribution >= 0.6 is 0 Å². The Balaban J connectivity index is 1.79. The molecule has 1 saturated heterocycles. The van der Waals surface area contributed by atoms with E-state index < -0.39 is 0 Å². The Kier molecular flexibility index (Phi) is 5.67. The van der Waals surface area contributed by atoms with Crippen molar-refractivity contribution < 1.29 is 4.74 Å². The predicted octanol–water partition coefficient (Wildman–Crippen LogP) is 2.59. The van der Waals surface area contributed by atoms with Crippen LogP contribution in [0.15, 0.2) is 24.3 Å². The summed E-state index contributed by atoms with van der Waals surface area (Å²) >= 11 is 0. The quantitative estimate of drug-likeness (QED) is 0.853. The normalized spacial score (nSPS) is 16.5. The van der Waals surface area contributed by atoms with Gasteiger partial charge in [-0.15, -0.1) is 0 Å². The molecule has 0 amide bonds. The van der Waals surface area contributed by atoms with Crippen molar-refractivity contribution in [2.75, 3.05) is 37.7 Å². The smallest absolute Gasteiger partial charge is 0.0480 e. The lowest BCUT2D eigenvalue weighted by Crippen LogP contribution is -2.40. The summed E-state index contributed by atoms with van der Waals surface area (Å²) in [5.41, 5.74) is 2.66. The monoisotopic (exact) mass is 262 g/mol. The maximum absolute atomic E-state index is 5.38. The van der Waals surface area contributed by atoms with Crippen LogP contribution in [-0.4, -0.2) is 38.9 Å². The average Bonchev–Trinajstić information content (AvgIpc) is 2.45. The number of benzene rings is 1. The van der Waals surface area contributed by atoms with Gasteiger partial charge in [-0.25, -0.2) is 0 Å². The molecule has 3 heteroatoms. The summed E-state index contributed by atoms with van der Waals surface area (Å²) in [5.74, 6) is 0. The van der Waals surface area contributed by atoms with E-state index in [2.05, 4.69) is 48.3 Å². The van der Waals surface area contributed by atoms with Crippen LogP contribution in [0.2, 0.25) is 0 Å². The third-order valence-corrected chi connectivity index (χ3v) is 3.78. The Morgan fingerprint density at radius 2 is 2.11 bits per heavy atom. The van der Waals surface area contributed by atoms with Gasteiger partial charge in [0.2, 0.25) is 0 Å². The predicted molar refractivity (Wildman–Crippen MR) is 80.9 cm³/mol. The number of hydrogen-bond acceptors (Lipinski definition) is 3. The molecule has 1 aliphatic heterocycles. The van der Waals surface area contributed by atoms with Crippen LogP contribution in [0.5, 0.6) is 0 Å². The Labute approximate surface area is 116 Å². The zero-order chi connectivity index (χ0) is 13.5. The van der Waals surface area contributed by atoms with Crippen LogP contribution in [0.1, 0.15) is 25.3 Å². The lowest BCUT2D eigenvalue weighted by Gasteiger charge is -2.27. The number of aryl methyl sites for hydroxylation is 1. The molecule has 1 aliphatic rings. The van der Waals surface area contributed by atoms with Crippen LogP contribution in [0, 0.1) is 6.92 Å². The van der Waals surface area contributed by atoms with E-state index in [1.165, 1.54) is 11.3 Å². The first-order chi connectivity index (χ1) is 9.29. The van der Waals surface area contributed by atoms with Crippen molar-refractivity contribution >= 4 is 5.69 Å². The van der Waals surface area contributed by atoms with Crippen molar-refractivity contribution in [1.29, 1.82) is 0 Å². The number of nitrogens with one attached hydrogen (secondary N) is 1. The van der Waals surface area contributed by atoms with Crippen LogP contribution in [0.25, 0.3) is 0 Å². The Morgan fingerprint density at radius 1 is 1.32 bits per heavy atom.